The van der Waals surface area contributed by atoms with Gasteiger partial charge in [0, 0.05) is 18.8 Å². The molecule has 0 aliphatic carbocycles. The summed E-state index contributed by atoms with van der Waals surface area (Å²) < 4.78 is 0. The molecule has 1 N–H and O–H groups in total. The molecule has 1 aromatic heterocycles. The molecule has 1 atom stereocenters. The molecular weight excluding hydrogens is 218 g/mol. The van der Waals surface area contributed by atoms with Crippen molar-refractivity contribution in [3.05, 3.63) is 17.6 Å². The van der Waals surface area contributed by atoms with Crippen LogP contribution in [0, 0.1) is 13.8 Å². The third kappa shape index (κ3) is 3.41. The molecule has 5 heteroatoms. The largest absolute Gasteiger partial charge is 0.481 e. The first-order chi connectivity index (χ1) is 7.95. The summed E-state index contributed by atoms with van der Waals surface area (Å²) in [4.78, 5) is 21.4. The summed E-state index contributed by atoms with van der Waals surface area (Å²) in [6.45, 7) is 8.36. The summed E-state index contributed by atoms with van der Waals surface area (Å²) in [6.07, 6.45) is 1.82. The standard InChI is InChI=1S/C12H19N3O2/c1-5-15(9(3)6-11(16)17)12-10(4)13-7-8(2)14-12/h7,9H,5-6H2,1-4H3,(H,16,17). The van der Waals surface area contributed by atoms with Gasteiger partial charge in [0.05, 0.1) is 17.8 Å². The van der Waals surface area contributed by atoms with Crippen LogP contribution in [0.2, 0.25) is 0 Å². The van der Waals surface area contributed by atoms with E-state index in [2.05, 4.69) is 9.97 Å². The molecule has 0 amide bonds. The number of aliphatic carboxylic acids is 1. The fourth-order valence-corrected chi connectivity index (χ4v) is 1.83. The average molecular weight is 237 g/mol. The molecule has 17 heavy (non-hydrogen) atoms. The lowest BCUT2D eigenvalue weighted by molar-refractivity contribution is -0.137. The molecule has 1 heterocycles. The maximum Gasteiger partial charge on any atom is 0.305 e. The van der Waals surface area contributed by atoms with E-state index in [1.807, 2.05) is 32.6 Å². The second-order valence-electron chi connectivity index (χ2n) is 4.15. The van der Waals surface area contributed by atoms with Gasteiger partial charge in [0.25, 0.3) is 0 Å². The fraction of sp³-hybridized carbons (Fsp3) is 0.583. The first-order valence-corrected chi connectivity index (χ1v) is 5.74. The molecule has 5 nitrogen and oxygen atoms in total. The molecule has 1 rings (SSSR count). The number of aromatic nitrogens is 2. The van der Waals surface area contributed by atoms with Gasteiger partial charge in [-0.3, -0.25) is 9.78 Å². The Balaban J connectivity index is 3.00. The summed E-state index contributed by atoms with van der Waals surface area (Å²) in [5.74, 6) is -0.0181. The van der Waals surface area contributed by atoms with Gasteiger partial charge in [-0.05, 0) is 27.7 Å². The Labute approximate surface area is 102 Å². The number of rotatable bonds is 5. The lowest BCUT2D eigenvalue weighted by atomic mass is 10.2. The predicted octanol–water partition coefficient (Wildman–Crippen LogP) is 1.78. The van der Waals surface area contributed by atoms with Crippen LogP contribution in [-0.2, 0) is 4.79 Å². The maximum absolute atomic E-state index is 10.8. The Morgan fingerprint density at radius 3 is 2.71 bits per heavy atom. The lowest BCUT2D eigenvalue weighted by Crippen LogP contribution is -2.36. The SMILES string of the molecule is CCN(c1nc(C)cnc1C)C(C)CC(=O)O. The van der Waals surface area contributed by atoms with Crippen LogP contribution in [0.5, 0.6) is 0 Å². The van der Waals surface area contributed by atoms with Crippen LogP contribution in [0.1, 0.15) is 31.7 Å². The van der Waals surface area contributed by atoms with Crippen LogP contribution in [-0.4, -0.2) is 33.6 Å². The Morgan fingerprint density at radius 1 is 1.53 bits per heavy atom. The van der Waals surface area contributed by atoms with Crippen LogP contribution >= 0.6 is 0 Å². The van der Waals surface area contributed by atoms with Gasteiger partial charge in [-0.25, -0.2) is 4.98 Å². The van der Waals surface area contributed by atoms with E-state index in [4.69, 9.17) is 5.11 Å². The summed E-state index contributed by atoms with van der Waals surface area (Å²) >= 11 is 0. The number of aryl methyl sites for hydroxylation is 2. The minimum absolute atomic E-state index is 0.0905. The second-order valence-corrected chi connectivity index (χ2v) is 4.15. The highest BCUT2D eigenvalue weighted by Crippen LogP contribution is 2.19. The van der Waals surface area contributed by atoms with Gasteiger partial charge in [-0.2, -0.15) is 0 Å². The third-order valence-corrected chi connectivity index (χ3v) is 2.67. The van der Waals surface area contributed by atoms with Crippen molar-refractivity contribution in [2.45, 2.75) is 40.2 Å². The highest BCUT2D eigenvalue weighted by molar-refractivity contribution is 5.68. The number of hydrogen-bond acceptors (Lipinski definition) is 4. The van der Waals surface area contributed by atoms with Crippen molar-refractivity contribution in [2.24, 2.45) is 0 Å². The van der Waals surface area contributed by atoms with Crippen molar-refractivity contribution >= 4 is 11.8 Å². The monoisotopic (exact) mass is 237 g/mol. The predicted molar refractivity (Wildman–Crippen MR) is 66.2 cm³/mol. The second kappa shape index (κ2) is 5.61. The zero-order valence-corrected chi connectivity index (χ0v) is 10.8. The highest BCUT2D eigenvalue weighted by Gasteiger charge is 2.19. The van der Waals surface area contributed by atoms with Crippen LogP contribution in [0.4, 0.5) is 5.82 Å². The molecule has 0 fully saturated rings. The quantitative estimate of drug-likeness (QED) is 0.845. The van der Waals surface area contributed by atoms with Crippen LogP contribution < -0.4 is 4.90 Å². The van der Waals surface area contributed by atoms with E-state index in [0.29, 0.717) is 6.54 Å². The fourth-order valence-electron chi connectivity index (χ4n) is 1.83. The summed E-state index contributed by atoms with van der Waals surface area (Å²) in [5, 5.41) is 8.84. The van der Waals surface area contributed by atoms with Crippen molar-refractivity contribution in [3.8, 4) is 0 Å². The molecule has 0 spiro atoms. The van der Waals surface area contributed by atoms with Gasteiger partial charge in [-0.15, -0.1) is 0 Å². The molecule has 0 saturated heterocycles. The van der Waals surface area contributed by atoms with Gasteiger partial charge >= 0.3 is 5.97 Å². The van der Waals surface area contributed by atoms with E-state index in [9.17, 15) is 4.79 Å². The lowest BCUT2D eigenvalue weighted by Gasteiger charge is -2.29. The van der Waals surface area contributed by atoms with Gasteiger partial charge in [-0.1, -0.05) is 0 Å². The molecule has 0 bridgehead atoms. The smallest absolute Gasteiger partial charge is 0.305 e. The third-order valence-electron chi connectivity index (χ3n) is 2.67. The van der Waals surface area contributed by atoms with Gasteiger partial charge < -0.3 is 10.0 Å². The van der Waals surface area contributed by atoms with Crippen LogP contribution in [0.25, 0.3) is 0 Å². The summed E-state index contributed by atoms with van der Waals surface area (Å²) in [5.41, 5.74) is 1.67. The zero-order valence-electron chi connectivity index (χ0n) is 10.8. The van der Waals surface area contributed by atoms with Crippen LogP contribution in [0.15, 0.2) is 6.20 Å². The Bertz CT molecular complexity index is 407. The number of hydrogen-bond donors (Lipinski definition) is 1. The van der Waals surface area contributed by atoms with Gasteiger partial charge in [0.15, 0.2) is 5.82 Å². The van der Waals surface area contributed by atoms with E-state index in [1.54, 1.807) is 6.20 Å². The molecule has 0 radical (unpaired) electrons. The van der Waals surface area contributed by atoms with Crippen molar-refractivity contribution in [1.82, 2.24) is 9.97 Å². The number of carboxylic acid groups (broad SMARTS) is 1. The number of anilines is 1. The molecule has 1 aromatic rings. The van der Waals surface area contributed by atoms with Crippen molar-refractivity contribution in [1.29, 1.82) is 0 Å². The van der Waals surface area contributed by atoms with E-state index in [0.717, 1.165) is 17.2 Å². The first kappa shape index (κ1) is 13.4. The first-order valence-electron chi connectivity index (χ1n) is 5.74. The molecule has 0 aromatic carbocycles. The molecule has 0 aliphatic heterocycles. The van der Waals surface area contributed by atoms with Crippen LogP contribution in [0.3, 0.4) is 0 Å². The normalized spacial score (nSPS) is 12.2. The van der Waals surface area contributed by atoms with E-state index >= 15 is 0 Å². The zero-order chi connectivity index (χ0) is 13.0. The van der Waals surface area contributed by atoms with Crippen molar-refractivity contribution in [3.63, 3.8) is 0 Å². The number of carboxylic acids is 1. The van der Waals surface area contributed by atoms with Gasteiger partial charge in [0.1, 0.15) is 0 Å². The number of carbonyl (C=O) groups is 1. The van der Waals surface area contributed by atoms with E-state index in [-0.39, 0.29) is 12.5 Å². The Kier molecular flexibility index (Phi) is 4.43. The minimum atomic E-state index is -0.797. The van der Waals surface area contributed by atoms with Crippen molar-refractivity contribution in [2.75, 3.05) is 11.4 Å². The van der Waals surface area contributed by atoms with Crippen molar-refractivity contribution < 1.29 is 9.90 Å². The van der Waals surface area contributed by atoms with E-state index in [1.165, 1.54) is 0 Å². The molecule has 1 unspecified atom stereocenters. The number of nitrogens with zero attached hydrogens (tertiary/aromatic N) is 3. The summed E-state index contributed by atoms with van der Waals surface area (Å²) in [7, 11) is 0. The maximum atomic E-state index is 10.8. The molecular formula is C12H19N3O2. The van der Waals surface area contributed by atoms with E-state index < -0.39 is 5.97 Å². The topological polar surface area (TPSA) is 66.3 Å². The molecule has 94 valence electrons. The molecule has 0 saturated carbocycles. The Hall–Kier alpha value is -1.65. The summed E-state index contributed by atoms with van der Waals surface area (Å²) in [6, 6.07) is -0.0905. The highest BCUT2D eigenvalue weighted by atomic mass is 16.4. The average Bonchev–Trinajstić information content (AvgIpc) is 2.23. The van der Waals surface area contributed by atoms with Gasteiger partial charge in [0.2, 0.25) is 0 Å². The molecule has 0 aliphatic rings. The minimum Gasteiger partial charge on any atom is -0.481 e. The Morgan fingerprint density at radius 2 is 2.18 bits per heavy atom.